The number of amides is 5. The maximum Gasteiger partial charge on any atom is 0.317 e. The number of morpholine rings is 1. The van der Waals surface area contributed by atoms with Crippen LogP contribution in [-0.2, 0) is 70.0 Å². The van der Waals surface area contributed by atoms with Crippen LogP contribution in [-0.4, -0.2) is 227 Å². The van der Waals surface area contributed by atoms with Crippen LogP contribution < -0.4 is 20.3 Å². The molecule has 95 heavy (non-hydrogen) atoms. The topological polar surface area (TPSA) is 292 Å². The Labute approximate surface area is 551 Å². The van der Waals surface area contributed by atoms with Crippen LogP contribution in [0.3, 0.4) is 0 Å². The van der Waals surface area contributed by atoms with Gasteiger partial charge in [0.2, 0.25) is 17.6 Å². The highest BCUT2D eigenvalue weighted by atomic mass is 16.7. The zero-order chi connectivity index (χ0) is 66.4. The molecule has 12 rings (SSSR count). The van der Waals surface area contributed by atoms with Crippen LogP contribution in [0.5, 0.6) is 17.2 Å². The number of carbonyl (C=O) groups is 6. The molecule has 2 aliphatic carbocycles. The molecule has 4 aromatic rings. The molecule has 5 N–H and O–H groups in total. The van der Waals surface area contributed by atoms with Crippen molar-refractivity contribution < 1.29 is 91.5 Å². The second-order valence-corrected chi connectivity index (χ2v) is 25.4. The molecule has 5 saturated heterocycles. The van der Waals surface area contributed by atoms with E-state index < -0.39 is 89.6 Å². The number of ketones is 2. The Morgan fingerprint density at radius 3 is 2.08 bits per heavy atom. The minimum absolute atomic E-state index is 0.0179. The molecular formula is C70H84N6O19. The number of rotatable bonds is 23. The Hall–Kier alpha value is -7.58. The number of ether oxygens (including phenoxy) is 10. The Bertz CT molecular complexity index is 3580. The highest BCUT2D eigenvalue weighted by Crippen LogP contribution is 2.53. The number of hydrogen-bond donors (Lipinski definition) is 5. The normalized spacial score (nSPS) is 24.9. The predicted octanol–water partition coefficient (Wildman–Crippen LogP) is 4.47. The molecule has 6 heterocycles. The zero-order valence-electron chi connectivity index (χ0n) is 53.9. The highest BCUT2D eigenvalue weighted by molar-refractivity contribution is 6.31. The summed E-state index contributed by atoms with van der Waals surface area (Å²) in [6, 6.07) is 19.6. The highest BCUT2D eigenvalue weighted by Gasteiger charge is 2.56. The van der Waals surface area contributed by atoms with Crippen molar-refractivity contribution in [1.82, 2.24) is 25.3 Å². The van der Waals surface area contributed by atoms with Crippen molar-refractivity contribution in [2.24, 2.45) is 5.41 Å². The number of fused-ring (bicyclic) bond motifs is 8. The average Bonchev–Trinajstić information content (AvgIpc) is 1.17. The maximum absolute atomic E-state index is 14.3. The molecule has 5 amide bonds. The van der Waals surface area contributed by atoms with Gasteiger partial charge in [0.05, 0.1) is 114 Å². The predicted molar refractivity (Wildman–Crippen MR) is 340 cm³/mol. The van der Waals surface area contributed by atoms with Gasteiger partial charge in [-0.15, -0.1) is 0 Å². The third-order valence-electron chi connectivity index (χ3n) is 19.8. The van der Waals surface area contributed by atoms with Gasteiger partial charge in [-0.1, -0.05) is 54.3 Å². The summed E-state index contributed by atoms with van der Waals surface area (Å²) in [7, 11) is 2.89. The molecule has 0 aromatic heterocycles. The SMILES string of the molecule is COc1cccc2c1C(=O)c1c(O)c3c(c(O)c1C2=O)CC(O)(C(=O)NCCOCCOCCOCCOCCC(=O)N1CCC2(CC1)CCN(C(=O)NCCC(=O)N1Cc4ccccc4C#Cc4ccccc41)CC2)CC3OC1CC2C(OC3C(OC)OCCN23)C(C)O1. The molecule has 8 unspecified atom stereocenters. The number of hydrogen-bond acceptors (Lipinski definition) is 20. The number of carbonyl (C=O) groups excluding carboxylic acids is 6. The monoisotopic (exact) mass is 1310 g/mol. The fraction of sp³-hybridized carbons (Fsp3) is 0.543. The van der Waals surface area contributed by atoms with Gasteiger partial charge in [-0.05, 0) is 67.9 Å². The van der Waals surface area contributed by atoms with Crippen molar-refractivity contribution in [3.63, 3.8) is 0 Å². The molecule has 0 saturated carbocycles. The maximum atomic E-state index is 14.3. The number of para-hydroxylation sites is 1. The number of nitrogens with one attached hydrogen (secondary N) is 2. The molecule has 508 valence electrons. The van der Waals surface area contributed by atoms with Gasteiger partial charge in [0, 0.05) is 112 Å². The van der Waals surface area contributed by atoms with Gasteiger partial charge in [0.15, 0.2) is 24.6 Å². The summed E-state index contributed by atoms with van der Waals surface area (Å²) in [5.74, 6) is 2.90. The van der Waals surface area contributed by atoms with E-state index in [1.165, 1.54) is 25.3 Å². The first-order chi connectivity index (χ1) is 46.1. The summed E-state index contributed by atoms with van der Waals surface area (Å²) < 4.78 is 58.9. The number of phenols is 2. The second kappa shape index (κ2) is 29.8. The van der Waals surface area contributed by atoms with Crippen molar-refractivity contribution in [3.8, 4) is 29.1 Å². The van der Waals surface area contributed by atoms with Crippen molar-refractivity contribution in [2.75, 3.05) is 124 Å². The molecule has 25 heteroatoms. The van der Waals surface area contributed by atoms with Gasteiger partial charge in [-0.2, -0.15) is 0 Å². The van der Waals surface area contributed by atoms with E-state index in [4.69, 9.17) is 47.4 Å². The molecule has 4 aromatic carbocycles. The smallest absolute Gasteiger partial charge is 0.317 e. The number of nitrogens with zero attached hydrogens (tertiary/aromatic N) is 4. The van der Waals surface area contributed by atoms with Crippen molar-refractivity contribution in [2.45, 2.75) is 120 Å². The molecule has 0 radical (unpaired) electrons. The Kier molecular flexibility index (Phi) is 21.2. The molecular weight excluding hydrogens is 1230 g/mol. The minimum atomic E-state index is -2.25. The summed E-state index contributed by atoms with van der Waals surface area (Å²) in [6.45, 7) is 7.94. The van der Waals surface area contributed by atoms with E-state index in [-0.39, 0.29) is 129 Å². The molecule has 5 fully saturated rings. The second-order valence-electron chi connectivity index (χ2n) is 25.4. The van der Waals surface area contributed by atoms with Gasteiger partial charge in [0.25, 0.3) is 5.91 Å². The van der Waals surface area contributed by atoms with Gasteiger partial charge in [0.1, 0.15) is 29.0 Å². The summed E-state index contributed by atoms with van der Waals surface area (Å²) in [4.78, 5) is 90.2. The lowest BCUT2D eigenvalue weighted by Gasteiger charge is -2.46. The lowest BCUT2D eigenvalue weighted by Crippen LogP contribution is -2.55. The largest absolute Gasteiger partial charge is 0.507 e. The van der Waals surface area contributed by atoms with Crippen LogP contribution in [0.4, 0.5) is 10.5 Å². The van der Waals surface area contributed by atoms with E-state index in [2.05, 4.69) is 27.4 Å². The summed E-state index contributed by atoms with van der Waals surface area (Å²) >= 11 is 0. The van der Waals surface area contributed by atoms with Crippen molar-refractivity contribution >= 4 is 41.0 Å². The number of aliphatic hydroxyl groups is 1. The van der Waals surface area contributed by atoms with Crippen LogP contribution in [0.1, 0.15) is 124 Å². The summed E-state index contributed by atoms with van der Waals surface area (Å²) in [5.41, 5.74) is 0.0244. The molecule has 8 atom stereocenters. The number of benzene rings is 4. The lowest BCUT2D eigenvalue weighted by atomic mass is 9.71. The van der Waals surface area contributed by atoms with Crippen LogP contribution >= 0.6 is 0 Å². The first-order valence-electron chi connectivity index (χ1n) is 32.9. The van der Waals surface area contributed by atoms with E-state index in [9.17, 15) is 44.1 Å². The molecule has 0 bridgehead atoms. The van der Waals surface area contributed by atoms with Gasteiger partial charge >= 0.3 is 6.03 Å². The quantitative estimate of drug-likeness (QED) is 0.0342. The number of piperidine rings is 2. The summed E-state index contributed by atoms with van der Waals surface area (Å²) in [5, 5.41) is 42.2. The summed E-state index contributed by atoms with van der Waals surface area (Å²) in [6.07, 6.45) is -1.13. The first-order valence-corrected chi connectivity index (χ1v) is 32.9. The number of aromatic hydroxyl groups is 2. The van der Waals surface area contributed by atoms with E-state index in [0.29, 0.717) is 65.7 Å². The number of urea groups is 1. The molecule has 25 nitrogen and oxygen atoms in total. The minimum Gasteiger partial charge on any atom is -0.507 e. The Balaban J connectivity index is 0.526. The van der Waals surface area contributed by atoms with E-state index in [0.717, 1.165) is 48.1 Å². The van der Waals surface area contributed by atoms with Crippen molar-refractivity contribution in [3.05, 3.63) is 117 Å². The fourth-order valence-corrected chi connectivity index (χ4v) is 14.6. The van der Waals surface area contributed by atoms with Crippen LogP contribution in [0.15, 0.2) is 66.7 Å². The molecule has 8 aliphatic rings. The van der Waals surface area contributed by atoms with Gasteiger partial charge < -0.3 is 88.0 Å². The molecule has 6 aliphatic heterocycles. The van der Waals surface area contributed by atoms with Crippen LogP contribution in [0.2, 0.25) is 0 Å². The Morgan fingerprint density at radius 2 is 1.36 bits per heavy atom. The van der Waals surface area contributed by atoms with Gasteiger partial charge in [-0.25, -0.2) is 4.79 Å². The number of methoxy groups -OCH3 is 2. The Morgan fingerprint density at radius 1 is 0.695 bits per heavy atom. The fourth-order valence-electron chi connectivity index (χ4n) is 14.6. The average molecular weight is 1310 g/mol. The first kappa shape index (κ1) is 67.4. The number of anilines is 1. The van der Waals surface area contributed by atoms with Crippen LogP contribution in [0, 0.1) is 17.3 Å². The lowest BCUT2D eigenvalue weighted by molar-refractivity contribution is -0.256. The standard InChI is InChI=1S/C70H84N6O19/c1-43-64-50(75-29-32-92-66(87-3)65(75)95-64)39-55(93-43)94-52-41-70(85,40-48-57(52)63(82)59-58(61(48)80)60(79)47-12-8-14-51(86-2)56(47)62(59)81)67(83)71-24-31-89-34-36-91-38-37-90-35-33-88-30-18-53(77)73-25-19-69(20-26-73)21-27-74(28-22-69)68(84)72-23-17-54(78)76-42-46-11-5-4-9-44(46)15-16-45-10-6-7-13-49(45)76/h4-14,43,50,52,55,64-66,80,82,85H,17-42H2,1-3H3,(H,71,83)(H,72,84). The van der Waals surface area contributed by atoms with Crippen molar-refractivity contribution in [1.29, 1.82) is 0 Å². The molecule has 1 spiro atoms. The van der Waals surface area contributed by atoms with Gasteiger partial charge in [-0.3, -0.25) is 28.9 Å². The number of likely N-dealkylation sites (tertiary alicyclic amines) is 2. The van der Waals surface area contributed by atoms with E-state index in [1.807, 2.05) is 65.3 Å². The zero-order valence-corrected chi connectivity index (χ0v) is 53.9. The van der Waals surface area contributed by atoms with E-state index in [1.54, 1.807) is 12.0 Å². The third kappa shape index (κ3) is 14.3. The number of phenolic OH excluding ortho intramolecular Hbond substituents is 2. The van der Waals surface area contributed by atoms with E-state index >= 15 is 0 Å². The van der Waals surface area contributed by atoms with Crippen LogP contribution in [0.25, 0.3) is 0 Å². The third-order valence-corrected chi connectivity index (χ3v) is 19.8.